The Morgan fingerprint density at radius 2 is 2.04 bits per heavy atom. The second-order valence-corrected chi connectivity index (χ2v) is 5.81. The molecule has 0 spiro atoms. The van der Waals surface area contributed by atoms with E-state index in [4.69, 9.17) is 4.42 Å². The van der Waals surface area contributed by atoms with Gasteiger partial charge in [0.25, 0.3) is 0 Å². The molecule has 23 heavy (non-hydrogen) atoms. The van der Waals surface area contributed by atoms with Crippen molar-refractivity contribution in [3.05, 3.63) is 65.4 Å². The van der Waals surface area contributed by atoms with Gasteiger partial charge in [-0.05, 0) is 31.2 Å². The van der Waals surface area contributed by atoms with Gasteiger partial charge in [0.1, 0.15) is 17.3 Å². The second-order valence-electron chi connectivity index (χ2n) is 4.86. The van der Waals surface area contributed by atoms with Gasteiger partial charge in [-0.2, -0.15) is 0 Å². The van der Waals surface area contributed by atoms with Gasteiger partial charge in [-0.3, -0.25) is 9.89 Å². The largest absolute Gasteiger partial charge is 0.462 e. The zero-order valence-corrected chi connectivity index (χ0v) is 13.3. The van der Waals surface area contributed by atoms with Crippen molar-refractivity contribution in [1.29, 1.82) is 0 Å². The number of rotatable bonds is 6. The summed E-state index contributed by atoms with van der Waals surface area (Å²) in [6.45, 7) is 1.89. The third kappa shape index (κ3) is 4.20. The lowest BCUT2D eigenvalue weighted by molar-refractivity contribution is 0.102. The number of nitrogens with zero attached hydrogens (tertiary/aromatic N) is 2. The van der Waals surface area contributed by atoms with Crippen LogP contribution in [0, 0.1) is 6.92 Å². The molecule has 0 radical (unpaired) electrons. The quantitative estimate of drug-likeness (QED) is 0.550. The van der Waals surface area contributed by atoms with Crippen molar-refractivity contribution >= 4 is 29.7 Å². The first-order valence-electron chi connectivity index (χ1n) is 7.09. The molecule has 0 aliphatic rings. The molecule has 0 fully saturated rings. The fraction of sp³-hybridized carbons (Fsp3) is 0.118. The first-order valence-corrected chi connectivity index (χ1v) is 8.07. The van der Waals surface area contributed by atoms with Gasteiger partial charge >= 0.3 is 0 Å². The Bertz CT molecular complexity index is 821. The highest BCUT2D eigenvalue weighted by Gasteiger charge is 2.08. The van der Waals surface area contributed by atoms with Crippen LogP contribution in [0.25, 0.3) is 12.2 Å². The number of H-pyrrole nitrogens is 1. The number of hydrogen-bond donors (Lipinski definition) is 1. The molecule has 0 bridgehead atoms. The van der Waals surface area contributed by atoms with Crippen LogP contribution < -0.4 is 0 Å². The Labute approximate surface area is 137 Å². The Hall–Kier alpha value is -2.60. The maximum Gasteiger partial charge on any atom is 0.209 e. The van der Waals surface area contributed by atoms with Crippen LogP contribution in [0.4, 0.5) is 0 Å². The molecule has 6 heteroatoms. The van der Waals surface area contributed by atoms with E-state index in [9.17, 15) is 4.79 Å². The zero-order valence-electron chi connectivity index (χ0n) is 12.5. The summed E-state index contributed by atoms with van der Waals surface area (Å²) >= 11 is 1.31. The number of hydrogen-bond acceptors (Lipinski definition) is 5. The van der Waals surface area contributed by atoms with Crippen LogP contribution in [0.5, 0.6) is 0 Å². The van der Waals surface area contributed by atoms with Crippen molar-refractivity contribution in [1.82, 2.24) is 15.2 Å². The highest BCUT2D eigenvalue weighted by Crippen LogP contribution is 2.16. The molecule has 0 aliphatic heterocycles. The predicted molar refractivity (Wildman–Crippen MR) is 90.3 cm³/mol. The molecule has 0 unspecified atom stereocenters. The minimum Gasteiger partial charge on any atom is -0.462 e. The highest BCUT2D eigenvalue weighted by molar-refractivity contribution is 7.99. The summed E-state index contributed by atoms with van der Waals surface area (Å²) in [5.41, 5.74) is 0.698. The molecule has 2 aromatic heterocycles. The van der Waals surface area contributed by atoms with Crippen molar-refractivity contribution in [3.63, 3.8) is 0 Å². The summed E-state index contributed by atoms with van der Waals surface area (Å²) in [6.07, 6.45) is 3.60. The number of benzene rings is 1. The number of furan rings is 1. The molecular formula is C17H15N3O2S. The van der Waals surface area contributed by atoms with Crippen molar-refractivity contribution < 1.29 is 9.21 Å². The van der Waals surface area contributed by atoms with Crippen LogP contribution in [0.1, 0.15) is 27.7 Å². The Morgan fingerprint density at radius 3 is 2.78 bits per heavy atom. The average molecular weight is 325 g/mol. The van der Waals surface area contributed by atoms with E-state index in [1.54, 1.807) is 18.2 Å². The molecule has 3 aromatic rings. The Morgan fingerprint density at radius 1 is 1.22 bits per heavy atom. The summed E-state index contributed by atoms with van der Waals surface area (Å²) in [5, 5.41) is 7.46. The lowest BCUT2D eigenvalue weighted by Gasteiger charge is -1.97. The zero-order chi connectivity index (χ0) is 16.1. The molecule has 0 atom stereocenters. The number of carbonyl (C=O) groups excluding carboxylic acids is 1. The van der Waals surface area contributed by atoms with Gasteiger partial charge in [0.05, 0.1) is 5.75 Å². The monoisotopic (exact) mass is 325 g/mol. The fourth-order valence-electron chi connectivity index (χ4n) is 1.94. The molecule has 5 nitrogen and oxygen atoms in total. The van der Waals surface area contributed by atoms with Gasteiger partial charge in [-0.15, -0.1) is 5.10 Å². The van der Waals surface area contributed by atoms with E-state index in [0.717, 1.165) is 11.5 Å². The van der Waals surface area contributed by atoms with Gasteiger partial charge < -0.3 is 4.42 Å². The molecule has 0 amide bonds. The SMILES string of the molecule is Cc1ccc(/C=C/c2nc(SCC(=O)c3ccccc3)n[nH]2)o1. The van der Waals surface area contributed by atoms with Crippen LogP contribution in [0.2, 0.25) is 0 Å². The lowest BCUT2D eigenvalue weighted by atomic mass is 10.2. The molecule has 2 heterocycles. The van der Waals surface area contributed by atoms with Crippen LogP contribution in [-0.2, 0) is 0 Å². The minimum atomic E-state index is 0.0588. The molecule has 1 N–H and O–H groups in total. The molecule has 1 aromatic carbocycles. The maximum absolute atomic E-state index is 12.0. The molecule has 0 aliphatic carbocycles. The van der Waals surface area contributed by atoms with E-state index in [-0.39, 0.29) is 5.78 Å². The van der Waals surface area contributed by atoms with E-state index in [1.165, 1.54) is 11.8 Å². The molecular weight excluding hydrogens is 310 g/mol. The number of aromatic amines is 1. The summed E-state index contributed by atoms with van der Waals surface area (Å²) in [5.74, 6) is 2.60. The van der Waals surface area contributed by atoms with Gasteiger partial charge in [-0.1, -0.05) is 42.1 Å². The van der Waals surface area contributed by atoms with E-state index < -0.39 is 0 Å². The third-order valence-corrected chi connectivity index (χ3v) is 3.92. The summed E-state index contributed by atoms with van der Waals surface area (Å²) in [4.78, 5) is 16.3. The number of Topliss-reactive ketones (excluding diaryl/α,β-unsaturated/α-hetero) is 1. The van der Waals surface area contributed by atoms with Gasteiger partial charge in [0.2, 0.25) is 5.16 Å². The number of carbonyl (C=O) groups is 1. The highest BCUT2D eigenvalue weighted by atomic mass is 32.2. The van der Waals surface area contributed by atoms with Crippen molar-refractivity contribution in [2.24, 2.45) is 0 Å². The van der Waals surface area contributed by atoms with Crippen LogP contribution in [-0.4, -0.2) is 26.7 Å². The molecule has 0 saturated carbocycles. The van der Waals surface area contributed by atoms with E-state index in [1.807, 2.05) is 43.3 Å². The number of nitrogens with one attached hydrogen (secondary N) is 1. The summed E-state index contributed by atoms with van der Waals surface area (Å²) in [6, 6.07) is 13.0. The minimum absolute atomic E-state index is 0.0588. The lowest BCUT2D eigenvalue weighted by Crippen LogP contribution is -2.01. The standard InChI is InChI=1S/C17H15N3O2S/c1-12-7-8-14(22-12)9-10-16-18-17(20-19-16)23-11-15(21)13-5-3-2-4-6-13/h2-10H,11H2,1H3,(H,18,19,20)/b10-9+. The van der Waals surface area contributed by atoms with Crippen molar-refractivity contribution in [3.8, 4) is 0 Å². The molecule has 3 rings (SSSR count). The Kier molecular flexibility index (Phi) is 4.73. The number of aryl methyl sites for hydroxylation is 1. The van der Waals surface area contributed by atoms with E-state index in [2.05, 4.69) is 15.2 Å². The van der Waals surface area contributed by atoms with Crippen LogP contribution in [0.3, 0.4) is 0 Å². The third-order valence-electron chi connectivity index (χ3n) is 3.08. The number of thioether (sulfide) groups is 1. The van der Waals surface area contributed by atoms with Crippen LogP contribution in [0.15, 0.2) is 52.0 Å². The molecule has 116 valence electrons. The summed E-state index contributed by atoms with van der Waals surface area (Å²) < 4.78 is 5.44. The first-order chi connectivity index (χ1) is 11.2. The average Bonchev–Trinajstić information content (AvgIpc) is 3.20. The predicted octanol–water partition coefficient (Wildman–Crippen LogP) is 3.85. The van der Waals surface area contributed by atoms with Gasteiger partial charge in [0.15, 0.2) is 5.78 Å². The van der Waals surface area contributed by atoms with Crippen molar-refractivity contribution in [2.45, 2.75) is 12.1 Å². The van der Waals surface area contributed by atoms with E-state index in [0.29, 0.717) is 22.3 Å². The normalized spacial score (nSPS) is 11.2. The van der Waals surface area contributed by atoms with Crippen LogP contribution >= 0.6 is 11.8 Å². The molecule has 0 saturated heterocycles. The van der Waals surface area contributed by atoms with Gasteiger partial charge in [0, 0.05) is 5.56 Å². The topological polar surface area (TPSA) is 71.8 Å². The van der Waals surface area contributed by atoms with E-state index >= 15 is 0 Å². The fourth-order valence-corrected chi connectivity index (χ4v) is 2.64. The Balaban J connectivity index is 1.57. The number of aromatic nitrogens is 3. The second kappa shape index (κ2) is 7.11. The maximum atomic E-state index is 12.0. The van der Waals surface area contributed by atoms with Crippen molar-refractivity contribution in [2.75, 3.05) is 5.75 Å². The number of ketones is 1. The summed E-state index contributed by atoms with van der Waals surface area (Å²) in [7, 11) is 0. The first kappa shape index (κ1) is 15.3. The smallest absolute Gasteiger partial charge is 0.209 e. The van der Waals surface area contributed by atoms with Gasteiger partial charge in [-0.25, -0.2) is 4.98 Å².